The topological polar surface area (TPSA) is 54.6 Å². The molecule has 2 aromatic heterocycles. The van der Waals surface area contributed by atoms with Crippen molar-refractivity contribution in [2.24, 2.45) is 0 Å². The fourth-order valence-corrected chi connectivity index (χ4v) is 1.84. The molecule has 0 fully saturated rings. The number of hydrogen-bond donors (Lipinski definition) is 1. The molecule has 0 saturated heterocycles. The number of aryl methyl sites for hydroxylation is 1. The average molecular weight is 255 g/mol. The van der Waals surface area contributed by atoms with Gasteiger partial charge in [0.05, 0.1) is 17.3 Å². The van der Waals surface area contributed by atoms with Crippen molar-refractivity contribution in [3.05, 3.63) is 34.3 Å². The molecule has 5 heteroatoms. The molecule has 0 aromatic carbocycles. The first kappa shape index (κ1) is 9.21. The van der Waals surface area contributed by atoms with E-state index < -0.39 is 5.97 Å². The highest BCUT2D eigenvalue weighted by molar-refractivity contribution is 9.10. The fraction of sp³-hybridized carbons (Fsp3) is 0.111. The third kappa shape index (κ3) is 1.29. The number of rotatable bonds is 1. The Morgan fingerprint density at radius 3 is 3.00 bits per heavy atom. The highest BCUT2D eigenvalue weighted by atomic mass is 79.9. The van der Waals surface area contributed by atoms with E-state index >= 15 is 0 Å². The summed E-state index contributed by atoms with van der Waals surface area (Å²) in [6.07, 6.45) is 3.26. The molecule has 0 aliphatic rings. The second-order valence-corrected chi connectivity index (χ2v) is 3.80. The molecule has 72 valence electrons. The van der Waals surface area contributed by atoms with Crippen molar-refractivity contribution in [1.82, 2.24) is 9.38 Å². The SMILES string of the molecule is Cc1ncc2c(Br)cc(C(=O)O)cn12. The minimum absolute atomic E-state index is 0.241. The molecule has 0 saturated carbocycles. The summed E-state index contributed by atoms with van der Waals surface area (Å²) in [5.74, 6) is -0.176. The van der Waals surface area contributed by atoms with Gasteiger partial charge in [0.2, 0.25) is 0 Å². The van der Waals surface area contributed by atoms with E-state index in [-0.39, 0.29) is 5.56 Å². The molecule has 0 spiro atoms. The van der Waals surface area contributed by atoms with Gasteiger partial charge in [-0.05, 0) is 28.9 Å². The van der Waals surface area contributed by atoms with E-state index in [0.29, 0.717) is 0 Å². The van der Waals surface area contributed by atoms with Crippen molar-refractivity contribution < 1.29 is 9.90 Å². The zero-order chi connectivity index (χ0) is 10.3. The van der Waals surface area contributed by atoms with E-state index in [1.54, 1.807) is 22.9 Å². The van der Waals surface area contributed by atoms with Crippen LogP contribution in [0, 0.1) is 6.92 Å². The zero-order valence-corrected chi connectivity index (χ0v) is 8.95. The van der Waals surface area contributed by atoms with Gasteiger partial charge in [-0.15, -0.1) is 0 Å². The molecule has 2 rings (SSSR count). The lowest BCUT2D eigenvalue weighted by molar-refractivity contribution is 0.0696. The van der Waals surface area contributed by atoms with Crippen LogP contribution in [0.4, 0.5) is 0 Å². The third-order valence-corrected chi connectivity index (χ3v) is 2.66. The first-order valence-electron chi connectivity index (χ1n) is 3.96. The van der Waals surface area contributed by atoms with Crippen molar-refractivity contribution in [3.63, 3.8) is 0 Å². The maximum atomic E-state index is 10.8. The maximum Gasteiger partial charge on any atom is 0.337 e. The Bertz CT molecular complexity index is 519. The molecular weight excluding hydrogens is 248 g/mol. The van der Waals surface area contributed by atoms with Crippen LogP contribution in [0.2, 0.25) is 0 Å². The van der Waals surface area contributed by atoms with Crippen molar-refractivity contribution in [1.29, 1.82) is 0 Å². The molecule has 0 radical (unpaired) electrons. The number of carboxylic acid groups (broad SMARTS) is 1. The summed E-state index contributed by atoms with van der Waals surface area (Å²) in [4.78, 5) is 14.9. The lowest BCUT2D eigenvalue weighted by Crippen LogP contribution is -2.00. The average Bonchev–Trinajstić information content (AvgIpc) is 2.48. The summed E-state index contributed by atoms with van der Waals surface area (Å²) in [5.41, 5.74) is 1.11. The quantitative estimate of drug-likeness (QED) is 0.848. The van der Waals surface area contributed by atoms with Crippen LogP contribution in [0.15, 0.2) is 22.9 Å². The largest absolute Gasteiger partial charge is 0.478 e. The number of aromatic nitrogens is 2. The number of pyridine rings is 1. The Kier molecular flexibility index (Phi) is 2.03. The zero-order valence-electron chi connectivity index (χ0n) is 7.36. The Morgan fingerprint density at radius 1 is 1.64 bits per heavy atom. The number of carboxylic acids is 1. The van der Waals surface area contributed by atoms with Gasteiger partial charge in [-0.2, -0.15) is 0 Å². The number of carbonyl (C=O) groups is 1. The number of hydrogen-bond acceptors (Lipinski definition) is 2. The molecule has 0 unspecified atom stereocenters. The van der Waals surface area contributed by atoms with Crippen LogP contribution < -0.4 is 0 Å². The Labute approximate surface area is 88.3 Å². The monoisotopic (exact) mass is 254 g/mol. The number of halogens is 1. The van der Waals surface area contributed by atoms with Gasteiger partial charge in [0, 0.05) is 10.7 Å². The minimum atomic E-state index is -0.944. The molecule has 0 bridgehead atoms. The summed E-state index contributed by atoms with van der Waals surface area (Å²) in [6.45, 7) is 1.82. The van der Waals surface area contributed by atoms with Crippen LogP contribution in [0.1, 0.15) is 16.2 Å². The maximum absolute atomic E-state index is 10.8. The molecule has 0 atom stereocenters. The summed E-state index contributed by atoms with van der Waals surface area (Å²) in [7, 11) is 0. The van der Waals surface area contributed by atoms with Gasteiger partial charge in [0.15, 0.2) is 0 Å². The standard InChI is InChI=1S/C9H7BrN2O2/c1-5-11-3-8-7(10)2-6(9(13)14)4-12(5)8/h2-4H,1H3,(H,13,14). The van der Waals surface area contributed by atoms with Crippen molar-refractivity contribution in [2.45, 2.75) is 6.92 Å². The van der Waals surface area contributed by atoms with E-state index in [2.05, 4.69) is 20.9 Å². The molecule has 1 N–H and O–H groups in total. The van der Waals surface area contributed by atoms with E-state index in [1.807, 2.05) is 6.92 Å². The van der Waals surface area contributed by atoms with Crippen LogP contribution in [0.3, 0.4) is 0 Å². The lowest BCUT2D eigenvalue weighted by Gasteiger charge is -2.01. The number of fused-ring (bicyclic) bond motifs is 1. The number of nitrogens with zero attached hydrogens (tertiary/aromatic N) is 2. The van der Waals surface area contributed by atoms with Crippen LogP contribution in [0.5, 0.6) is 0 Å². The van der Waals surface area contributed by atoms with Crippen molar-refractivity contribution in [2.75, 3.05) is 0 Å². The number of aromatic carboxylic acids is 1. The van der Waals surface area contributed by atoms with E-state index in [0.717, 1.165) is 15.8 Å². The second-order valence-electron chi connectivity index (χ2n) is 2.94. The van der Waals surface area contributed by atoms with Gasteiger partial charge < -0.3 is 9.51 Å². The van der Waals surface area contributed by atoms with Gasteiger partial charge in [0.25, 0.3) is 0 Å². The first-order chi connectivity index (χ1) is 6.59. The molecular formula is C9H7BrN2O2. The van der Waals surface area contributed by atoms with Crippen LogP contribution in [0.25, 0.3) is 5.52 Å². The fourth-order valence-electron chi connectivity index (χ4n) is 1.30. The molecule has 4 nitrogen and oxygen atoms in total. The van der Waals surface area contributed by atoms with Crippen molar-refractivity contribution in [3.8, 4) is 0 Å². The van der Waals surface area contributed by atoms with Gasteiger partial charge in [-0.3, -0.25) is 0 Å². The summed E-state index contributed by atoms with van der Waals surface area (Å²) >= 11 is 3.31. The number of imidazole rings is 1. The Hall–Kier alpha value is -1.36. The second kappa shape index (κ2) is 3.09. The minimum Gasteiger partial charge on any atom is -0.478 e. The van der Waals surface area contributed by atoms with Gasteiger partial charge >= 0.3 is 5.97 Å². The van der Waals surface area contributed by atoms with E-state index in [9.17, 15) is 4.79 Å². The molecule has 0 amide bonds. The summed E-state index contributed by atoms with van der Waals surface area (Å²) in [5, 5.41) is 8.84. The summed E-state index contributed by atoms with van der Waals surface area (Å²) < 4.78 is 2.48. The van der Waals surface area contributed by atoms with Crippen molar-refractivity contribution >= 4 is 27.4 Å². The molecule has 14 heavy (non-hydrogen) atoms. The summed E-state index contributed by atoms with van der Waals surface area (Å²) in [6, 6.07) is 1.57. The van der Waals surface area contributed by atoms with Gasteiger partial charge in [0.1, 0.15) is 5.82 Å². The molecule has 0 aliphatic carbocycles. The van der Waals surface area contributed by atoms with Gasteiger partial charge in [-0.1, -0.05) is 0 Å². The third-order valence-electron chi connectivity index (χ3n) is 2.02. The Balaban J connectivity index is 2.82. The molecule has 2 aromatic rings. The predicted octanol–water partition coefficient (Wildman–Crippen LogP) is 2.10. The van der Waals surface area contributed by atoms with Crippen LogP contribution in [-0.4, -0.2) is 20.5 Å². The highest BCUT2D eigenvalue weighted by Gasteiger charge is 2.09. The molecule has 2 heterocycles. The Morgan fingerprint density at radius 2 is 2.36 bits per heavy atom. The van der Waals surface area contributed by atoms with E-state index in [4.69, 9.17) is 5.11 Å². The smallest absolute Gasteiger partial charge is 0.337 e. The first-order valence-corrected chi connectivity index (χ1v) is 4.75. The highest BCUT2D eigenvalue weighted by Crippen LogP contribution is 2.20. The van der Waals surface area contributed by atoms with E-state index in [1.165, 1.54) is 0 Å². The normalized spacial score (nSPS) is 10.7. The van der Waals surface area contributed by atoms with Gasteiger partial charge in [-0.25, -0.2) is 9.78 Å². The lowest BCUT2D eigenvalue weighted by atomic mass is 10.3. The van der Waals surface area contributed by atoms with Crippen LogP contribution >= 0.6 is 15.9 Å². The molecule has 0 aliphatic heterocycles. The predicted molar refractivity (Wildman–Crippen MR) is 54.6 cm³/mol. The van der Waals surface area contributed by atoms with Crippen LogP contribution in [-0.2, 0) is 0 Å².